The van der Waals surface area contributed by atoms with E-state index in [1.165, 1.54) is 4.68 Å². The van der Waals surface area contributed by atoms with Crippen molar-refractivity contribution in [2.75, 3.05) is 0 Å². The Bertz CT molecular complexity index is 634. The molecule has 0 fully saturated rings. The van der Waals surface area contributed by atoms with Gasteiger partial charge in [-0.15, -0.1) is 0 Å². The Hall–Kier alpha value is -1.94. The van der Waals surface area contributed by atoms with Gasteiger partial charge in [0.05, 0.1) is 5.69 Å². The average Bonchev–Trinajstić information content (AvgIpc) is 2.54. The van der Waals surface area contributed by atoms with Crippen LogP contribution in [0.25, 0.3) is 11.3 Å². The first kappa shape index (κ1) is 15.4. The third-order valence-corrected chi connectivity index (χ3v) is 3.67. The lowest BCUT2D eigenvalue weighted by molar-refractivity contribution is 0.524. The highest BCUT2D eigenvalue weighted by atomic mass is 16.1. The zero-order valence-electron chi connectivity index (χ0n) is 13.0. The molecule has 0 saturated carbocycles. The van der Waals surface area contributed by atoms with Gasteiger partial charge in [-0.1, -0.05) is 37.3 Å². The summed E-state index contributed by atoms with van der Waals surface area (Å²) in [5.74, 6) is 0. The Kier molecular flexibility index (Phi) is 5.28. The molecule has 1 atom stereocenters. The van der Waals surface area contributed by atoms with E-state index < -0.39 is 0 Å². The molecular weight excluding hydrogens is 262 g/mol. The monoisotopic (exact) mass is 285 g/mol. The van der Waals surface area contributed by atoms with E-state index in [0.29, 0.717) is 19.1 Å². The maximum absolute atomic E-state index is 12.3. The van der Waals surface area contributed by atoms with Crippen LogP contribution in [-0.4, -0.2) is 15.8 Å². The zero-order chi connectivity index (χ0) is 15.2. The van der Waals surface area contributed by atoms with Gasteiger partial charge in [-0.25, -0.2) is 4.68 Å². The third kappa shape index (κ3) is 3.79. The second kappa shape index (κ2) is 7.18. The lowest BCUT2D eigenvalue weighted by Gasteiger charge is -2.13. The molecule has 2 rings (SSSR count). The summed E-state index contributed by atoms with van der Waals surface area (Å²) >= 11 is 0. The van der Waals surface area contributed by atoms with Crippen LogP contribution in [-0.2, 0) is 13.1 Å². The minimum absolute atomic E-state index is 0.00650. The molecule has 0 bridgehead atoms. The summed E-state index contributed by atoms with van der Waals surface area (Å²) in [6.07, 6.45) is 1.04. The molecule has 4 nitrogen and oxygen atoms in total. The van der Waals surface area contributed by atoms with Gasteiger partial charge in [0.25, 0.3) is 5.56 Å². The van der Waals surface area contributed by atoms with E-state index in [1.807, 2.05) is 43.3 Å². The smallest absolute Gasteiger partial charge is 0.271 e. The van der Waals surface area contributed by atoms with Crippen LogP contribution >= 0.6 is 0 Å². The first-order chi connectivity index (χ1) is 10.2. The van der Waals surface area contributed by atoms with Crippen molar-refractivity contribution >= 4 is 0 Å². The summed E-state index contributed by atoms with van der Waals surface area (Å²) in [6, 6.07) is 12.3. The minimum Gasteiger partial charge on any atom is -0.310 e. The average molecular weight is 285 g/mol. The molecule has 0 spiro atoms. The van der Waals surface area contributed by atoms with Gasteiger partial charge < -0.3 is 5.32 Å². The Morgan fingerprint density at radius 2 is 1.95 bits per heavy atom. The van der Waals surface area contributed by atoms with Gasteiger partial charge in [0.15, 0.2) is 0 Å². The SMILES string of the molecule is CCC(C)NCc1cc(-c2ccccc2)nn(CC)c1=O. The number of hydrogen-bond acceptors (Lipinski definition) is 3. The zero-order valence-corrected chi connectivity index (χ0v) is 13.0. The molecule has 1 N–H and O–H groups in total. The van der Waals surface area contributed by atoms with Gasteiger partial charge >= 0.3 is 0 Å². The van der Waals surface area contributed by atoms with E-state index in [-0.39, 0.29) is 5.56 Å². The van der Waals surface area contributed by atoms with Crippen molar-refractivity contribution in [2.24, 2.45) is 0 Å². The van der Waals surface area contributed by atoms with E-state index in [4.69, 9.17) is 0 Å². The van der Waals surface area contributed by atoms with Crippen LogP contribution in [0.3, 0.4) is 0 Å². The summed E-state index contributed by atoms with van der Waals surface area (Å²) in [7, 11) is 0. The Morgan fingerprint density at radius 3 is 2.57 bits per heavy atom. The molecule has 4 heteroatoms. The molecule has 0 amide bonds. The molecule has 0 saturated heterocycles. The number of benzene rings is 1. The van der Waals surface area contributed by atoms with Crippen LogP contribution in [0.5, 0.6) is 0 Å². The fourth-order valence-electron chi connectivity index (χ4n) is 2.12. The van der Waals surface area contributed by atoms with Crippen molar-refractivity contribution in [3.05, 3.63) is 52.3 Å². The number of nitrogens with one attached hydrogen (secondary N) is 1. The lowest BCUT2D eigenvalue weighted by Crippen LogP contribution is -2.32. The van der Waals surface area contributed by atoms with Gasteiger partial charge in [-0.05, 0) is 26.3 Å². The Morgan fingerprint density at radius 1 is 1.24 bits per heavy atom. The highest BCUT2D eigenvalue weighted by Gasteiger charge is 2.09. The standard InChI is InChI=1S/C17H23N3O/c1-4-13(3)18-12-15-11-16(14-9-7-6-8-10-14)19-20(5-2)17(15)21/h6-11,13,18H,4-5,12H2,1-3H3. The molecule has 1 aromatic carbocycles. The largest absolute Gasteiger partial charge is 0.310 e. The fourth-order valence-corrected chi connectivity index (χ4v) is 2.12. The van der Waals surface area contributed by atoms with Crippen LogP contribution in [0.4, 0.5) is 0 Å². The van der Waals surface area contributed by atoms with Gasteiger partial charge in [0.2, 0.25) is 0 Å². The van der Waals surface area contributed by atoms with E-state index >= 15 is 0 Å². The van der Waals surface area contributed by atoms with E-state index in [9.17, 15) is 4.79 Å². The Balaban J connectivity index is 2.38. The van der Waals surface area contributed by atoms with Crippen LogP contribution in [0.1, 0.15) is 32.8 Å². The molecule has 0 radical (unpaired) electrons. The second-order valence-electron chi connectivity index (χ2n) is 5.23. The summed E-state index contributed by atoms with van der Waals surface area (Å²) < 4.78 is 1.54. The molecule has 1 heterocycles. The van der Waals surface area contributed by atoms with Crippen molar-refractivity contribution in [1.82, 2.24) is 15.1 Å². The van der Waals surface area contributed by atoms with Crippen molar-refractivity contribution in [3.8, 4) is 11.3 Å². The van der Waals surface area contributed by atoms with Crippen LogP contribution in [0.15, 0.2) is 41.2 Å². The third-order valence-electron chi connectivity index (χ3n) is 3.67. The first-order valence-electron chi connectivity index (χ1n) is 7.55. The highest BCUT2D eigenvalue weighted by Crippen LogP contribution is 2.15. The van der Waals surface area contributed by atoms with Crippen LogP contribution < -0.4 is 10.9 Å². The highest BCUT2D eigenvalue weighted by molar-refractivity contribution is 5.58. The molecule has 112 valence electrons. The van der Waals surface area contributed by atoms with Gasteiger partial charge in [-0.3, -0.25) is 4.79 Å². The normalized spacial score (nSPS) is 12.3. The van der Waals surface area contributed by atoms with Crippen LogP contribution in [0.2, 0.25) is 0 Å². The number of aryl methyl sites for hydroxylation is 1. The van der Waals surface area contributed by atoms with Gasteiger partial charge in [-0.2, -0.15) is 5.10 Å². The molecule has 0 aliphatic carbocycles. The minimum atomic E-state index is -0.00650. The summed E-state index contributed by atoms with van der Waals surface area (Å²) in [5, 5.41) is 7.82. The van der Waals surface area contributed by atoms with Gasteiger partial charge in [0.1, 0.15) is 0 Å². The maximum Gasteiger partial charge on any atom is 0.271 e. The van der Waals surface area contributed by atoms with E-state index in [1.54, 1.807) is 0 Å². The molecule has 2 aromatic rings. The van der Waals surface area contributed by atoms with Crippen molar-refractivity contribution in [1.29, 1.82) is 0 Å². The fraction of sp³-hybridized carbons (Fsp3) is 0.412. The molecule has 0 aliphatic rings. The molecule has 1 unspecified atom stereocenters. The summed E-state index contributed by atoms with van der Waals surface area (Å²) in [5.41, 5.74) is 2.64. The topological polar surface area (TPSA) is 46.9 Å². The maximum atomic E-state index is 12.3. The van der Waals surface area contributed by atoms with Crippen molar-refractivity contribution in [2.45, 2.75) is 46.3 Å². The number of rotatable bonds is 6. The van der Waals surface area contributed by atoms with Crippen molar-refractivity contribution < 1.29 is 0 Å². The quantitative estimate of drug-likeness (QED) is 0.887. The predicted molar refractivity (Wildman–Crippen MR) is 86.2 cm³/mol. The molecular formula is C17H23N3O. The summed E-state index contributed by atoms with van der Waals surface area (Å²) in [6.45, 7) is 7.35. The van der Waals surface area contributed by atoms with Crippen molar-refractivity contribution in [3.63, 3.8) is 0 Å². The predicted octanol–water partition coefficient (Wildman–Crippen LogP) is 2.82. The summed E-state index contributed by atoms with van der Waals surface area (Å²) in [4.78, 5) is 12.3. The molecule has 0 aliphatic heterocycles. The Labute approximate surface area is 125 Å². The van der Waals surface area contributed by atoms with E-state index in [2.05, 4.69) is 24.3 Å². The number of aromatic nitrogens is 2. The lowest BCUT2D eigenvalue weighted by atomic mass is 10.1. The number of hydrogen-bond donors (Lipinski definition) is 1. The molecule has 1 aromatic heterocycles. The van der Waals surface area contributed by atoms with E-state index in [0.717, 1.165) is 23.2 Å². The first-order valence-corrected chi connectivity index (χ1v) is 7.55. The van der Waals surface area contributed by atoms with Gasteiger partial charge in [0, 0.05) is 30.3 Å². The molecule has 21 heavy (non-hydrogen) atoms. The number of nitrogens with zero attached hydrogens (tertiary/aromatic N) is 2. The second-order valence-corrected chi connectivity index (χ2v) is 5.23. The van der Waals surface area contributed by atoms with Crippen LogP contribution in [0, 0.1) is 0 Å².